The molecule has 1 aliphatic rings. The summed E-state index contributed by atoms with van der Waals surface area (Å²) in [7, 11) is -0.149. The van der Waals surface area contributed by atoms with E-state index in [0.29, 0.717) is 30.1 Å². The lowest BCUT2D eigenvalue weighted by atomic mass is 9.98. The van der Waals surface area contributed by atoms with Crippen molar-refractivity contribution in [2.75, 3.05) is 27.2 Å². The summed E-state index contributed by atoms with van der Waals surface area (Å²) in [5.41, 5.74) is 2.04. The summed E-state index contributed by atoms with van der Waals surface area (Å²) in [6.07, 6.45) is 1.38. The second-order valence-corrected chi connectivity index (χ2v) is 10.3. The van der Waals surface area contributed by atoms with Gasteiger partial charge in [-0.15, -0.1) is 11.3 Å². The summed E-state index contributed by atoms with van der Waals surface area (Å²) >= 11 is 1.21. The number of carbonyl (C=O) groups excluding carboxylic acids is 1. The van der Waals surface area contributed by atoms with Crippen molar-refractivity contribution in [1.82, 2.24) is 9.21 Å². The zero-order chi connectivity index (χ0) is 20.3. The molecule has 0 unspecified atom stereocenters. The number of methoxy groups -OCH3 is 1. The molecule has 0 radical (unpaired) electrons. The van der Waals surface area contributed by atoms with Crippen LogP contribution in [0, 0.1) is 12.8 Å². The maximum absolute atomic E-state index is 13.0. The van der Waals surface area contributed by atoms with Gasteiger partial charge in [-0.3, -0.25) is 4.79 Å². The highest BCUT2D eigenvalue weighted by molar-refractivity contribution is 7.91. The second-order valence-electron chi connectivity index (χ2n) is 7.14. The lowest BCUT2D eigenvalue weighted by Gasteiger charge is -2.33. The number of piperidine rings is 1. The number of thiophene rings is 1. The minimum atomic E-state index is -3.52. The van der Waals surface area contributed by atoms with Gasteiger partial charge < -0.3 is 9.64 Å². The van der Waals surface area contributed by atoms with Crippen LogP contribution in [0.15, 0.2) is 39.9 Å². The van der Waals surface area contributed by atoms with Crippen LogP contribution < -0.4 is 4.74 Å². The minimum absolute atomic E-state index is 0.0327. The molecule has 2 heterocycles. The van der Waals surface area contributed by atoms with E-state index in [0.717, 1.165) is 16.9 Å². The van der Waals surface area contributed by atoms with Gasteiger partial charge in [0.25, 0.3) is 10.0 Å². The van der Waals surface area contributed by atoms with Gasteiger partial charge in [-0.05, 0) is 37.3 Å². The van der Waals surface area contributed by atoms with Crippen LogP contribution in [0.1, 0.15) is 24.0 Å². The Kier molecular flexibility index (Phi) is 6.42. The summed E-state index contributed by atoms with van der Waals surface area (Å²) in [6.45, 7) is 3.12. The summed E-state index contributed by atoms with van der Waals surface area (Å²) in [5, 5.41) is 1.75. The second kappa shape index (κ2) is 8.63. The van der Waals surface area contributed by atoms with Crippen molar-refractivity contribution >= 4 is 27.3 Å². The molecule has 1 aromatic carbocycles. The quantitative estimate of drug-likeness (QED) is 0.717. The predicted octanol–water partition coefficient (Wildman–Crippen LogP) is 3.12. The van der Waals surface area contributed by atoms with E-state index in [4.69, 9.17) is 4.74 Å². The molecule has 0 spiro atoms. The standard InChI is InChI=1S/C20H26N2O4S2/c1-15-8-9-18(26-3)17(12-15)13-21(2)20(23)16-6-4-10-22(14-16)28(24,25)19-7-5-11-27-19/h5,7-9,11-12,16H,4,6,10,13-14H2,1-3H3/t16-/m1/s1. The van der Waals surface area contributed by atoms with Crippen molar-refractivity contribution in [2.45, 2.75) is 30.5 Å². The van der Waals surface area contributed by atoms with E-state index in [2.05, 4.69) is 0 Å². The molecule has 28 heavy (non-hydrogen) atoms. The van der Waals surface area contributed by atoms with Crippen LogP contribution in [-0.2, 0) is 21.4 Å². The van der Waals surface area contributed by atoms with Crippen LogP contribution in [0.2, 0.25) is 0 Å². The lowest BCUT2D eigenvalue weighted by Crippen LogP contribution is -2.45. The number of hydrogen-bond donors (Lipinski definition) is 0. The number of benzene rings is 1. The molecule has 6 nitrogen and oxygen atoms in total. The first-order valence-electron chi connectivity index (χ1n) is 9.25. The number of rotatable bonds is 6. The molecule has 1 atom stereocenters. The van der Waals surface area contributed by atoms with Gasteiger partial charge in [-0.1, -0.05) is 23.8 Å². The number of aryl methyl sites for hydroxylation is 1. The first kappa shape index (κ1) is 20.8. The van der Waals surface area contributed by atoms with Crippen molar-refractivity contribution < 1.29 is 17.9 Å². The predicted molar refractivity (Wildman–Crippen MR) is 110 cm³/mol. The normalized spacial score (nSPS) is 18.0. The molecule has 0 aliphatic carbocycles. The Labute approximate surface area is 170 Å². The topological polar surface area (TPSA) is 66.9 Å². The maximum Gasteiger partial charge on any atom is 0.252 e. The monoisotopic (exact) mass is 422 g/mol. The highest BCUT2D eigenvalue weighted by atomic mass is 32.2. The van der Waals surface area contributed by atoms with Gasteiger partial charge in [0.1, 0.15) is 9.96 Å². The van der Waals surface area contributed by atoms with E-state index in [1.807, 2.05) is 25.1 Å². The van der Waals surface area contributed by atoms with E-state index >= 15 is 0 Å². The lowest BCUT2D eigenvalue weighted by molar-refractivity contribution is -0.135. The van der Waals surface area contributed by atoms with E-state index in [1.54, 1.807) is 36.6 Å². The van der Waals surface area contributed by atoms with Gasteiger partial charge in [0, 0.05) is 32.2 Å². The summed E-state index contributed by atoms with van der Waals surface area (Å²) in [6, 6.07) is 9.23. The summed E-state index contributed by atoms with van der Waals surface area (Å²) in [5.74, 6) is 0.384. The molecular weight excluding hydrogens is 396 g/mol. The van der Waals surface area contributed by atoms with Gasteiger partial charge >= 0.3 is 0 Å². The van der Waals surface area contributed by atoms with Crippen molar-refractivity contribution in [3.8, 4) is 5.75 Å². The van der Waals surface area contributed by atoms with Gasteiger partial charge in [-0.25, -0.2) is 8.42 Å². The molecule has 0 saturated carbocycles. The van der Waals surface area contributed by atoms with Crippen molar-refractivity contribution in [3.63, 3.8) is 0 Å². The third kappa shape index (κ3) is 4.39. The molecule has 1 amide bonds. The Morgan fingerprint density at radius 3 is 2.82 bits per heavy atom. The Morgan fingerprint density at radius 1 is 1.36 bits per heavy atom. The number of amides is 1. The average molecular weight is 423 g/mol. The van der Waals surface area contributed by atoms with Crippen LogP contribution in [0.3, 0.4) is 0 Å². The molecular formula is C20H26N2O4S2. The highest BCUT2D eigenvalue weighted by Gasteiger charge is 2.34. The Morgan fingerprint density at radius 2 is 2.14 bits per heavy atom. The van der Waals surface area contributed by atoms with E-state index in [9.17, 15) is 13.2 Å². The fourth-order valence-corrected chi connectivity index (χ4v) is 6.24. The van der Waals surface area contributed by atoms with Gasteiger partial charge in [0.15, 0.2) is 0 Å². The molecule has 152 valence electrons. The molecule has 8 heteroatoms. The first-order chi connectivity index (χ1) is 13.3. The van der Waals surface area contributed by atoms with Gasteiger partial charge in [0.2, 0.25) is 5.91 Å². The summed E-state index contributed by atoms with van der Waals surface area (Å²) in [4.78, 5) is 14.7. The van der Waals surface area contributed by atoms with Gasteiger partial charge in [-0.2, -0.15) is 4.31 Å². The summed E-state index contributed by atoms with van der Waals surface area (Å²) < 4.78 is 32.8. The van der Waals surface area contributed by atoms with Crippen LogP contribution in [-0.4, -0.2) is 50.8 Å². The zero-order valence-corrected chi connectivity index (χ0v) is 18.1. The number of sulfonamides is 1. The van der Waals surface area contributed by atoms with Gasteiger partial charge in [0.05, 0.1) is 13.0 Å². The van der Waals surface area contributed by atoms with E-state index in [-0.39, 0.29) is 18.4 Å². The van der Waals surface area contributed by atoms with Crippen molar-refractivity contribution in [1.29, 1.82) is 0 Å². The third-order valence-electron chi connectivity index (χ3n) is 5.04. The molecule has 0 bridgehead atoms. The molecule has 0 N–H and O–H groups in total. The van der Waals surface area contributed by atoms with Crippen molar-refractivity contribution in [3.05, 3.63) is 46.8 Å². The van der Waals surface area contributed by atoms with Crippen LogP contribution in [0.5, 0.6) is 5.75 Å². The Hall–Kier alpha value is -1.90. The SMILES string of the molecule is COc1ccc(C)cc1CN(C)C(=O)[C@@H]1CCCN(S(=O)(=O)c2cccs2)C1. The van der Waals surface area contributed by atoms with E-state index < -0.39 is 10.0 Å². The minimum Gasteiger partial charge on any atom is -0.496 e. The fourth-order valence-electron chi connectivity index (χ4n) is 3.58. The molecule has 1 aromatic heterocycles. The zero-order valence-electron chi connectivity index (χ0n) is 16.4. The third-order valence-corrected chi connectivity index (χ3v) is 8.28. The largest absolute Gasteiger partial charge is 0.496 e. The fraction of sp³-hybridized carbons (Fsp3) is 0.450. The molecule has 1 aliphatic heterocycles. The van der Waals surface area contributed by atoms with E-state index in [1.165, 1.54) is 15.6 Å². The smallest absolute Gasteiger partial charge is 0.252 e. The highest BCUT2D eigenvalue weighted by Crippen LogP contribution is 2.28. The molecule has 3 rings (SSSR count). The van der Waals surface area contributed by atoms with Crippen LogP contribution in [0.4, 0.5) is 0 Å². The maximum atomic E-state index is 13.0. The number of hydrogen-bond acceptors (Lipinski definition) is 5. The first-order valence-corrected chi connectivity index (χ1v) is 11.6. The Bertz CT molecular complexity index is 926. The number of ether oxygens (including phenoxy) is 1. The Balaban J connectivity index is 1.71. The number of nitrogens with zero attached hydrogens (tertiary/aromatic N) is 2. The van der Waals surface area contributed by atoms with Crippen molar-refractivity contribution in [2.24, 2.45) is 5.92 Å². The average Bonchev–Trinajstić information content (AvgIpc) is 3.23. The molecule has 2 aromatic rings. The number of carbonyl (C=O) groups is 1. The van der Waals surface area contributed by atoms with Crippen LogP contribution >= 0.6 is 11.3 Å². The molecule has 1 saturated heterocycles. The van der Waals surface area contributed by atoms with Crippen LogP contribution in [0.25, 0.3) is 0 Å². The molecule has 1 fully saturated rings.